The first-order valence-electron chi connectivity index (χ1n) is 3.13. The number of aryl methyl sites for hydroxylation is 1. The molecule has 3 heteroatoms. The molecule has 0 amide bonds. The van der Waals surface area contributed by atoms with E-state index in [9.17, 15) is 0 Å². The van der Waals surface area contributed by atoms with Gasteiger partial charge in [0.15, 0.2) is 0 Å². The van der Waals surface area contributed by atoms with Gasteiger partial charge < -0.3 is 4.85 Å². The van der Waals surface area contributed by atoms with Gasteiger partial charge in [0.25, 0.3) is 0 Å². The highest BCUT2D eigenvalue weighted by Crippen LogP contribution is 1.96. The Morgan fingerprint density at radius 3 is 3.10 bits per heavy atom. The largest absolute Gasteiger partial charge is 0.317 e. The molecule has 0 bridgehead atoms. The van der Waals surface area contributed by atoms with Crippen LogP contribution in [0.5, 0.6) is 0 Å². The molecular weight excluding hydrogens is 126 g/mol. The van der Waals surface area contributed by atoms with Gasteiger partial charge >= 0.3 is 0 Å². The lowest BCUT2D eigenvalue weighted by Crippen LogP contribution is -1.86. The number of nitrogens with zero attached hydrogens (tertiary/aromatic N) is 3. The molecule has 0 N–H and O–H groups in total. The summed E-state index contributed by atoms with van der Waals surface area (Å²) in [5.41, 5.74) is 1.14. The van der Waals surface area contributed by atoms with Crippen LogP contribution in [0, 0.1) is 6.57 Å². The Morgan fingerprint density at radius 2 is 2.60 bits per heavy atom. The minimum Gasteiger partial charge on any atom is -0.317 e. The van der Waals surface area contributed by atoms with E-state index in [0.717, 1.165) is 12.0 Å². The molecule has 52 valence electrons. The number of aromatic nitrogens is 2. The number of rotatable bonds is 2. The van der Waals surface area contributed by atoms with Crippen molar-refractivity contribution in [2.75, 3.05) is 6.54 Å². The van der Waals surface area contributed by atoms with Gasteiger partial charge in [-0.3, -0.25) is 4.68 Å². The van der Waals surface area contributed by atoms with E-state index in [4.69, 9.17) is 6.57 Å². The molecule has 1 aromatic heterocycles. The van der Waals surface area contributed by atoms with Crippen LogP contribution in [-0.2, 0) is 13.5 Å². The van der Waals surface area contributed by atoms with E-state index in [1.54, 1.807) is 10.9 Å². The fourth-order valence-electron chi connectivity index (χ4n) is 0.786. The van der Waals surface area contributed by atoms with Gasteiger partial charge in [0.05, 0.1) is 6.20 Å². The fraction of sp³-hybridized carbons (Fsp3) is 0.429. The van der Waals surface area contributed by atoms with Crippen LogP contribution in [0.3, 0.4) is 0 Å². The van der Waals surface area contributed by atoms with Crippen molar-refractivity contribution in [3.63, 3.8) is 0 Å². The van der Waals surface area contributed by atoms with Crippen molar-refractivity contribution >= 4 is 0 Å². The molecule has 0 fully saturated rings. The van der Waals surface area contributed by atoms with E-state index >= 15 is 0 Å². The van der Waals surface area contributed by atoms with Crippen LogP contribution < -0.4 is 0 Å². The second kappa shape index (κ2) is 3.02. The van der Waals surface area contributed by atoms with Crippen LogP contribution in [0.25, 0.3) is 4.85 Å². The summed E-state index contributed by atoms with van der Waals surface area (Å²) in [4.78, 5) is 3.25. The maximum Gasteiger partial charge on any atom is 0.218 e. The van der Waals surface area contributed by atoms with Gasteiger partial charge in [-0.2, -0.15) is 5.10 Å². The van der Waals surface area contributed by atoms with E-state index in [2.05, 4.69) is 9.94 Å². The average molecular weight is 135 g/mol. The molecule has 1 aromatic rings. The number of hydrogen-bond acceptors (Lipinski definition) is 1. The van der Waals surface area contributed by atoms with Crippen LogP contribution in [-0.4, -0.2) is 16.3 Å². The molecule has 0 spiro atoms. The molecule has 1 heterocycles. The van der Waals surface area contributed by atoms with Gasteiger partial charge in [-0.15, -0.1) is 0 Å². The van der Waals surface area contributed by atoms with E-state index in [0.29, 0.717) is 6.54 Å². The van der Waals surface area contributed by atoms with Gasteiger partial charge in [-0.1, -0.05) is 0 Å². The van der Waals surface area contributed by atoms with E-state index in [1.807, 2.05) is 13.2 Å². The molecule has 0 aromatic carbocycles. The zero-order valence-electron chi connectivity index (χ0n) is 5.91. The molecule has 0 saturated carbocycles. The second-order valence-corrected chi connectivity index (χ2v) is 2.15. The van der Waals surface area contributed by atoms with Crippen molar-refractivity contribution in [1.29, 1.82) is 0 Å². The van der Waals surface area contributed by atoms with Gasteiger partial charge in [0, 0.05) is 19.7 Å². The van der Waals surface area contributed by atoms with Crippen molar-refractivity contribution in [2.45, 2.75) is 6.42 Å². The lowest BCUT2D eigenvalue weighted by molar-refractivity contribution is 0.767. The van der Waals surface area contributed by atoms with E-state index in [1.165, 1.54) is 0 Å². The quantitative estimate of drug-likeness (QED) is 0.552. The lowest BCUT2D eigenvalue weighted by Gasteiger charge is -1.83. The van der Waals surface area contributed by atoms with E-state index < -0.39 is 0 Å². The molecule has 10 heavy (non-hydrogen) atoms. The van der Waals surface area contributed by atoms with Crippen LogP contribution >= 0.6 is 0 Å². The minimum atomic E-state index is 0.561. The van der Waals surface area contributed by atoms with Crippen molar-refractivity contribution < 1.29 is 0 Å². The van der Waals surface area contributed by atoms with Gasteiger partial charge in [-0.05, 0) is 5.56 Å². The highest BCUT2D eigenvalue weighted by Gasteiger charge is 1.95. The highest BCUT2D eigenvalue weighted by molar-refractivity contribution is 5.04. The Labute approximate surface area is 60.1 Å². The number of hydrogen-bond donors (Lipinski definition) is 0. The molecular formula is C7H9N3. The van der Waals surface area contributed by atoms with E-state index in [-0.39, 0.29) is 0 Å². The third-order valence-electron chi connectivity index (χ3n) is 1.27. The molecule has 0 radical (unpaired) electrons. The summed E-state index contributed by atoms with van der Waals surface area (Å²) in [6, 6.07) is 0. The van der Waals surface area contributed by atoms with Gasteiger partial charge in [0.2, 0.25) is 6.54 Å². The Hall–Kier alpha value is -1.30. The first-order chi connectivity index (χ1) is 4.83. The zero-order chi connectivity index (χ0) is 7.40. The third kappa shape index (κ3) is 1.59. The normalized spacial score (nSPS) is 9.20. The van der Waals surface area contributed by atoms with Gasteiger partial charge in [-0.25, -0.2) is 6.57 Å². The molecule has 0 saturated heterocycles. The van der Waals surface area contributed by atoms with Crippen LogP contribution in [0.15, 0.2) is 12.4 Å². The molecule has 3 nitrogen and oxygen atoms in total. The monoisotopic (exact) mass is 135 g/mol. The minimum absolute atomic E-state index is 0.561. The molecule has 0 unspecified atom stereocenters. The fourth-order valence-corrected chi connectivity index (χ4v) is 0.786. The first-order valence-corrected chi connectivity index (χ1v) is 3.13. The summed E-state index contributed by atoms with van der Waals surface area (Å²) >= 11 is 0. The van der Waals surface area contributed by atoms with Crippen molar-refractivity contribution in [2.24, 2.45) is 7.05 Å². The molecule has 0 aliphatic heterocycles. The smallest absolute Gasteiger partial charge is 0.218 e. The Bertz CT molecular complexity index is 244. The van der Waals surface area contributed by atoms with Crippen LogP contribution in [0.4, 0.5) is 0 Å². The molecule has 1 rings (SSSR count). The first kappa shape index (κ1) is 6.81. The highest BCUT2D eigenvalue weighted by atomic mass is 15.2. The summed E-state index contributed by atoms with van der Waals surface area (Å²) in [5, 5.41) is 3.98. The molecule has 0 aliphatic rings. The molecule has 0 atom stereocenters. The maximum absolute atomic E-state index is 6.56. The third-order valence-corrected chi connectivity index (χ3v) is 1.27. The van der Waals surface area contributed by atoms with Crippen molar-refractivity contribution in [3.05, 3.63) is 29.4 Å². The summed E-state index contributed by atoms with van der Waals surface area (Å²) < 4.78 is 1.75. The summed E-state index contributed by atoms with van der Waals surface area (Å²) in [6.45, 7) is 7.12. The average Bonchev–Trinajstić information content (AvgIpc) is 2.31. The predicted octanol–water partition coefficient (Wildman–Crippen LogP) is 0.882. The summed E-state index contributed by atoms with van der Waals surface area (Å²) in [6.07, 6.45) is 4.55. The van der Waals surface area contributed by atoms with Crippen LogP contribution in [0.2, 0.25) is 0 Å². The van der Waals surface area contributed by atoms with Crippen molar-refractivity contribution in [3.8, 4) is 0 Å². The SMILES string of the molecule is [C-]#[N+]CCc1cnn(C)c1. The topological polar surface area (TPSA) is 22.2 Å². The van der Waals surface area contributed by atoms with Gasteiger partial charge in [0.1, 0.15) is 0 Å². The van der Waals surface area contributed by atoms with Crippen LogP contribution in [0.1, 0.15) is 5.56 Å². The van der Waals surface area contributed by atoms with Crippen molar-refractivity contribution in [1.82, 2.24) is 9.78 Å². The standard InChI is InChI=1S/C7H9N3/c1-8-4-3-7-5-9-10(2)6-7/h5-6H,3-4H2,2H3. The Balaban J connectivity index is 2.52. The molecule has 0 aliphatic carbocycles. The maximum atomic E-state index is 6.56. The Morgan fingerprint density at radius 1 is 1.80 bits per heavy atom. The zero-order valence-corrected chi connectivity index (χ0v) is 5.91. The Kier molecular flexibility index (Phi) is 2.06. The summed E-state index contributed by atoms with van der Waals surface area (Å²) in [5.74, 6) is 0. The second-order valence-electron chi connectivity index (χ2n) is 2.15. The lowest BCUT2D eigenvalue weighted by atomic mass is 10.3. The summed E-state index contributed by atoms with van der Waals surface area (Å²) in [7, 11) is 1.88. The predicted molar refractivity (Wildman–Crippen MR) is 38.4 cm³/mol.